The van der Waals surface area contributed by atoms with E-state index >= 15 is 0 Å². The number of nitrogens with zero attached hydrogens (tertiary/aromatic N) is 1. The van der Waals surface area contributed by atoms with E-state index in [0.29, 0.717) is 19.6 Å². The van der Waals surface area contributed by atoms with Crippen LogP contribution < -0.4 is 4.74 Å². The fourth-order valence-corrected chi connectivity index (χ4v) is 7.69. The third-order valence-electron chi connectivity index (χ3n) is 9.84. The summed E-state index contributed by atoms with van der Waals surface area (Å²) >= 11 is 0. The average molecular weight is 642 g/mol. The van der Waals surface area contributed by atoms with Crippen LogP contribution in [0.5, 0.6) is 17.2 Å². The van der Waals surface area contributed by atoms with Gasteiger partial charge in [0.2, 0.25) is 5.78 Å². The first kappa shape index (κ1) is 31.1. The number of carbonyl (C=O) groups excluding carboxylic acids is 3. The Labute approximate surface area is 263 Å². The zero-order valence-corrected chi connectivity index (χ0v) is 25.4. The highest BCUT2D eigenvalue weighted by Crippen LogP contribution is 2.53. The van der Waals surface area contributed by atoms with Crippen LogP contribution in [0.3, 0.4) is 0 Å². The van der Waals surface area contributed by atoms with Gasteiger partial charge in [-0.25, -0.2) is 0 Å². The second-order valence-electron chi connectivity index (χ2n) is 12.3. The molecular weight excluding hydrogens is 606 g/mol. The third kappa shape index (κ3) is 4.51. The highest BCUT2D eigenvalue weighted by Gasteiger charge is 2.55. The minimum absolute atomic E-state index is 0.0353. The standard InChI is InChI=1S/C32H35NO13/c1-13-29-16(33-7-8-43-31(42-3)30(33)46-29)9-20(44-13)45-18-11-32(40,19(35)12-34)10-15-22(18)28(39)24-23(26(15)37)25(36)14-5-4-6-17(41-2)21(14)27(24)38/h4-6,13,16,18,20,29-31,34,37,39-40H,7-12H2,1-3H3/t13-,16?,18-,20-,29+,30+,31-,32-/m0/s1. The van der Waals surface area contributed by atoms with Crippen molar-refractivity contribution < 1.29 is 63.2 Å². The predicted octanol–water partition coefficient (Wildman–Crippen LogP) is 0.711. The first-order valence-corrected chi connectivity index (χ1v) is 15.1. The number of aliphatic hydroxyl groups is 2. The summed E-state index contributed by atoms with van der Waals surface area (Å²) in [5.74, 6) is -3.61. The first-order chi connectivity index (χ1) is 22.0. The summed E-state index contributed by atoms with van der Waals surface area (Å²) in [4.78, 5) is 42.6. The van der Waals surface area contributed by atoms with E-state index in [1.807, 2.05) is 6.92 Å². The Morgan fingerprint density at radius 3 is 2.57 bits per heavy atom. The van der Waals surface area contributed by atoms with E-state index in [0.717, 1.165) is 0 Å². The van der Waals surface area contributed by atoms with Crippen LogP contribution in [0, 0.1) is 0 Å². The molecule has 14 heteroatoms. The topological polar surface area (TPSA) is 191 Å². The summed E-state index contributed by atoms with van der Waals surface area (Å²) in [6.07, 6.45) is -4.79. The number of methoxy groups -OCH3 is 2. The molecule has 3 aliphatic heterocycles. The van der Waals surface area contributed by atoms with Gasteiger partial charge in [0.1, 0.15) is 35.6 Å². The van der Waals surface area contributed by atoms with Crippen LogP contribution in [0.4, 0.5) is 0 Å². The number of hydrogen-bond donors (Lipinski definition) is 4. The molecule has 0 aromatic heterocycles. The van der Waals surface area contributed by atoms with Crippen molar-refractivity contribution in [1.29, 1.82) is 0 Å². The number of hydrogen-bond acceptors (Lipinski definition) is 14. The van der Waals surface area contributed by atoms with Crippen LogP contribution in [0.1, 0.15) is 68.8 Å². The lowest BCUT2D eigenvalue weighted by Gasteiger charge is -2.43. The van der Waals surface area contributed by atoms with Gasteiger partial charge in [0.25, 0.3) is 0 Å². The van der Waals surface area contributed by atoms with Crippen LogP contribution >= 0.6 is 0 Å². The van der Waals surface area contributed by atoms with Crippen molar-refractivity contribution in [3.63, 3.8) is 0 Å². The number of aliphatic hydroxyl groups excluding tert-OH is 1. The Hall–Kier alpha value is -3.47. The zero-order valence-electron chi connectivity index (χ0n) is 25.4. The highest BCUT2D eigenvalue weighted by atomic mass is 16.7. The van der Waals surface area contributed by atoms with Gasteiger partial charge in [0.05, 0.1) is 42.6 Å². The number of fused-ring (bicyclic) bond motifs is 6. The van der Waals surface area contributed by atoms with E-state index in [9.17, 15) is 34.8 Å². The van der Waals surface area contributed by atoms with E-state index in [-0.39, 0.29) is 40.1 Å². The molecule has 14 nitrogen and oxygen atoms in total. The lowest BCUT2D eigenvalue weighted by atomic mass is 9.72. The van der Waals surface area contributed by atoms with Crippen molar-refractivity contribution in [2.45, 2.75) is 74.9 Å². The molecule has 0 amide bonds. The van der Waals surface area contributed by atoms with Gasteiger partial charge in [-0.1, -0.05) is 12.1 Å². The van der Waals surface area contributed by atoms with E-state index in [4.69, 9.17) is 28.4 Å². The molecular formula is C32H35NO13. The summed E-state index contributed by atoms with van der Waals surface area (Å²) in [5.41, 5.74) is -3.43. The number of Topliss-reactive ketones (excluding diaryl/α,β-unsaturated/α-hetero) is 1. The summed E-state index contributed by atoms with van der Waals surface area (Å²) in [6, 6.07) is 4.26. The lowest BCUT2D eigenvalue weighted by molar-refractivity contribution is -0.256. The normalized spacial score (nSPS) is 33.5. The maximum atomic E-state index is 13.9. The van der Waals surface area contributed by atoms with E-state index in [1.165, 1.54) is 32.4 Å². The van der Waals surface area contributed by atoms with Crippen molar-refractivity contribution >= 4 is 17.3 Å². The number of carbonyl (C=O) groups is 3. The Bertz CT molecular complexity index is 1630. The summed E-state index contributed by atoms with van der Waals surface area (Å²) in [6.45, 7) is 1.82. The quantitative estimate of drug-likeness (QED) is 0.275. The molecule has 0 spiro atoms. The molecule has 7 rings (SSSR count). The molecule has 1 unspecified atom stereocenters. The van der Waals surface area contributed by atoms with Crippen molar-refractivity contribution in [2.75, 3.05) is 34.0 Å². The van der Waals surface area contributed by atoms with Gasteiger partial charge in [-0.15, -0.1) is 0 Å². The maximum absolute atomic E-state index is 13.9. The molecule has 46 heavy (non-hydrogen) atoms. The molecule has 4 N–H and O–H groups in total. The van der Waals surface area contributed by atoms with Crippen LogP contribution in [-0.2, 0) is 34.9 Å². The summed E-state index contributed by atoms with van der Waals surface area (Å²) in [5, 5.41) is 44.5. The largest absolute Gasteiger partial charge is 0.507 e. The number of benzene rings is 2. The Kier molecular flexibility index (Phi) is 7.68. The molecule has 3 fully saturated rings. The molecule has 246 valence electrons. The fourth-order valence-electron chi connectivity index (χ4n) is 7.69. The number of morpholine rings is 1. The van der Waals surface area contributed by atoms with Crippen LogP contribution in [0.15, 0.2) is 18.2 Å². The van der Waals surface area contributed by atoms with E-state index < -0.39 is 96.0 Å². The van der Waals surface area contributed by atoms with Gasteiger partial charge in [0, 0.05) is 55.6 Å². The van der Waals surface area contributed by atoms with Crippen LogP contribution in [-0.4, -0.2) is 119 Å². The van der Waals surface area contributed by atoms with Crippen LogP contribution in [0.2, 0.25) is 0 Å². The van der Waals surface area contributed by atoms with Gasteiger partial charge < -0.3 is 48.8 Å². The molecule has 3 heterocycles. The minimum Gasteiger partial charge on any atom is -0.507 e. The molecule has 3 saturated heterocycles. The lowest BCUT2D eigenvalue weighted by Crippen LogP contribution is -2.55. The molecule has 2 aromatic rings. The molecule has 0 saturated carbocycles. The van der Waals surface area contributed by atoms with Gasteiger partial charge in [-0.2, -0.15) is 0 Å². The molecule has 8 atom stereocenters. The third-order valence-corrected chi connectivity index (χ3v) is 9.84. The van der Waals surface area contributed by atoms with E-state index in [1.54, 1.807) is 0 Å². The zero-order chi connectivity index (χ0) is 32.7. The van der Waals surface area contributed by atoms with Gasteiger partial charge in [-0.05, 0) is 13.0 Å². The Morgan fingerprint density at radius 1 is 1.09 bits per heavy atom. The Morgan fingerprint density at radius 2 is 1.85 bits per heavy atom. The summed E-state index contributed by atoms with van der Waals surface area (Å²) < 4.78 is 35.3. The van der Waals surface area contributed by atoms with Crippen molar-refractivity contribution in [3.8, 4) is 17.2 Å². The van der Waals surface area contributed by atoms with Gasteiger partial charge in [0.15, 0.2) is 30.4 Å². The smallest absolute Gasteiger partial charge is 0.202 e. The van der Waals surface area contributed by atoms with E-state index in [2.05, 4.69) is 4.90 Å². The molecule has 2 aromatic carbocycles. The molecule has 0 radical (unpaired) electrons. The maximum Gasteiger partial charge on any atom is 0.202 e. The average Bonchev–Trinajstić information content (AvgIpc) is 3.43. The summed E-state index contributed by atoms with van der Waals surface area (Å²) in [7, 11) is 2.88. The molecule has 0 bridgehead atoms. The number of aromatic hydroxyl groups is 2. The number of rotatable bonds is 6. The second-order valence-corrected chi connectivity index (χ2v) is 12.3. The minimum atomic E-state index is -2.23. The number of ketones is 3. The van der Waals surface area contributed by atoms with Crippen LogP contribution in [0.25, 0.3) is 0 Å². The fraction of sp³-hybridized carbons (Fsp3) is 0.531. The monoisotopic (exact) mass is 641 g/mol. The first-order valence-electron chi connectivity index (χ1n) is 15.1. The van der Waals surface area contributed by atoms with Gasteiger partial charge in [-0.3, -0.25) is 19.3 Å². The number of phenolic OH excluding ortho intramolecular Hbond substituents is 2. The van der Waals surface area contributed by atoms with Crippen molar-refractivity contribution in [2.24, 2.45) is 0 Å². The predicted molar refractivity (Wildman–Crippen MR) is 154 cm³/mol. The molecule has 2 aliphatic carbocycles. The number of phenols is 2. The second kappa shape index (κ2) is 11.3. The molecule has 5 aliphatic rings. The van der Waals surface area contributed by atoms with Gasteiger partial charge >= 0.3 is 0 Å². The Balaban J connectivity index is 1.30. The number of ether oxygens (including phenoxy) is 6. The SMILES string of the molecule is COc1cccc2c1C(=O)c1c(O)c3c(c(O)c1C2=O)C[C@@](O)(C(=O)CO)C[C@@H]3O[C@H]1CC2[C@H](O[C@@H]3[C@@H](OC)OCCN23)[C@H](C)O1. The highest BCUT2D eigenvalue weighted by molar-refractivity contribution is 6.31. The van der Waals surface area contributed by atoms with Crippen molar-refractivity contribution in [1.82, 2.24) is 4.90 Å². The van der Waals surface area contributed by atoms with Crippen molar-refractivity contribution in [3.05, 3.63) is 51.6 Å².